The maximum atomic E-state index is 13.4. The fourth-order valence-electron chi connectivity index (χ4n) is 2.43. The highest BCUT2D eigenvalue weighted by Gasteiger charge is 2.18. The fourth-order valence-corrected chi connectivity index (χ4v) is 3.30. The van der Waals surface area contributed by atoms with Gasteiger partial charge in [-0.05, 0) is 57.4 Å². The molecular formula is C21H23FN4O2S. The van der Waals surface area contributed by atoms with E-state index in [9.17, 15) is 9.18 Å². The summed E-state index contributed by atoms with van der Waals surface area (Å²) in [5.41, 5.74) is 6.93. The van der Waals surface area contributed by atoms with Gasteiger partial charge in [0.2, 0.25) is 5.78 Å². The normalized spacial score (nSPS) is 12.0. The Bertz CT molecular complexity index is 989. The molecule has 0 saturated carbocycles. The Morgan fingerprint density at radius 2 is 2.00 bits per heavy atom. The van der Waals surface area contributed by atoms with Gasteiger partial charge in [-0.1, -0.05) is 23.5 Å². The second-order valence-corrected chi connectivity index (χ2v) is 7.84. The van der Waals surface area contributed by atoms with Gasteiger partial charge in [-0.2, -0.15) is 0 Å². The van der Waals surface area contributed by atoms with Crippen LogP contribution < -0.4 is 15.8 Å². The van der Waals surface area contributed by atoms with Crippen LogP contribution in [0.4, 0.5) is 21.0 Å². The SMILES string of the molecule is C[C@H](COc1ccc(Nc2nc(N)c(C(=O)c3cccc(F)c3)s2)cc1)N(C)C. The molecule has 0 spiro atoms. The van der Waals surface area contributed by atoms with E-state index in [1.165, 1.54) is 18.2 Å². The molecular weight excluding hydrogens is 391 g/mol. The van der Waals surface area contributed by atoms with Crippen LogP contribution >= 0.6 is 11.3 Å². The van der Waals surface area contributed by atoms with Crippen LogP contribution in [-0.4, -0.2) is 42.4 Å². The number of aromatic nitrogens is 1. The van der Waals surface area contributed by atoms with E-state index in [1.807, 2.05) is 38.4 Å². The average molecular weight is 415 g/mol. The Morgan fingerprint density at radius 1 is 1.28 bits per heavy atom. The van der Waals surface area contributed by atoms with Gasteiger partial charge in [0.05, 0.1) is 0 Å². The minimum atomic E-state index is -0.473. The number of anilines is 3. The number of thiazole rings is 1. The number of ether oxygens (including phenoxy) is 1. The molecule has 152 valence electrons. The van der Waals surface area contributed by atoms with Crippen LogP contribution in [0.15, 0.2) is 48.5 Å². The summed E-state index contributed by atoms with van der Waals surface area (Å²) in [4.78, 5) is 19.2. The van der Waals surface area contributed by atoms with Crippen molar-refractivity contribution in [2.75, 3.05) is 31.8 Å². The minimum absolute atomic E-state index is 0.115. The molecule has 3 aromatic rings. The van der Waals surface area contributed by atoms with Crippen molar-refractivity contribution in [2.45, 2.75) is 13.0 Å². The highest BCUT2D eigenvalue weighted by Crippen LogP contribution is 2.30. The monoisotopic (exact) mass is 414 g/mol. The summed E-state index contributed by atoms with van der Waals surface area (Å²) in [6.45, 7) is 2.68. The van der Waals surface area contributed by atoms with Crippen LogP contribution in [0.2, 0.25) is 0 Å². The number of hydrogen-bond acceptors (Lipinski definition) is 7. The summed E-state index contributed by atoms with van der Waals surface area (Å²) in [5.74, 6) is 0.0557. The third kappa shape index (κ3) is 5.30. The molecule has 0 aliphatic rings. The predicted octanol–water partition coefficient (Wildman–Crippen LogP) is 4.17. The van der Waals surface area contributed by atoms with Gasteiger partial charge in [0.15, 0.2) is 5.13 Å². The van der Waals surface area contributed by atoms with Crippen molar-refractivity contribution in [3.63, 3.8) is 0 Å². The summed E-state index contributed by atoms with van der Waals surface area (Å²) < 4.78 is 19.2. The minimum Gasteiger partial charge on any atom is -0.492 e. The average Bonchev–Trinajstić information content (AvgIpc) is 3.06. The second-order valence-electron chi connectivity index (χ2n) is 6.85. The first-order chi connectivity index (χ1) is 13.8. The number of carbonyl (C=O) groups is 1. The molecule has 8 heteroatoms. The van der Waals surface area contributed by atoms with E-state index in [0.29, 0.717) is 17.8 Å². The lowest BCUT2D eigenvalue weighted by molar-refractivity contribution is 0.104. The lowest BCUT2D eigenvalue weighted by atomic mass is 10.1. The summed E-state index contributed by atoms with van der Waals surface area (Å²) in [6, 6.07) is 13.3. The molecule has 0 unspecified atom stereocenters. The van der Waals surface area contributed by atoms with Crippen LogP contribution in [0.5, 0.6) is 5.75 Å². The number of nitrogen functional groups attached to an aromatic ring is 1. The predicted molar refractivity (Wildman–Crippen MR) is 115 cm³/mol. The molecule has 29 heavy (non-hydrogen) atoms. The molecule has 0 amide bonds. The first-order valence-corrected chi connectivity index (χ1v) is 9.88. The van der Waals surface area contributed by atoms with E-state index in [-0.39, 0.29) is 22.0 Å². The topological polar surface area (TPSA) is 80.5 Å². The molecule has 3 rings (SSSR count). The zero-order chi connectivity index (χ0) is 21.0. The van der Waals surface area contributed by atoms with Gasteiger partial charge in [-0.25, -0.2) is 9.37 Å². The lowest BCUT2D eigenvalue weighted by Gasteiger charge is -2.20. The van der Waals surface area contributed by atoms with Crippen molar-refractivity contribution >= 4 is 33.8 Å². The molecule has 0 aliphatic heterocycles. The van der Waals surface area contributed by atoms with Crippen LogP contribution in [0, 0.1) is 5.82 Å². The van der Waals surface area contributed by atoms with Gasteiger partial charge in [0.1, 0.15) is 28.9 Å². The number of hydrogen-bond donors (Lipinski definition) is 2. The van der Waals surface area contributed by atoms with Gasteiger partial charge in [-0.3, -0.25) is 4.79 Å². The van der Waals surface area contributed by atoms with E-state index >= 15 is 0 Å². The maximum absolute atomic E-state index is 13.4. The lowest BCUT2D eigenvalue weighted by Crippen LogP contribution is -2.30. The van der Waals surface area contributed by atoms with E-state index in [1.54, 1.807) is 6.07 Å². The highest BCUT2D eigenvalue weighted by atomic mass is 32.1. The van der Waals surface area contributed by atoms with Crippen LogP contribution in [0.3, 0.4) is 0 Å². The fraction of sp³-hybridized carbons (Fsp3) is 0.238. The molecule has 6 nitrogen and oxygen atoms in total. The van der Waals surface area contributed by atoms with Gasteiger partial charge in [-0.15, -0.1) is 0 Å². The molecule has 1 atom stereocenters. The van der Waals surface area contributed by atoms with E-state index < -0.39 is 5.82 Å². The second kappa shape index (κ2) is 9.02. The molecule has 3 N–H and O–H groups in total. The zero-order valence-electron chi connectivity index (χ0n) is 16.5. The number of ketones is 1. The third-order valence-corrected chi connectivity index (χ3v) is 5.41. The molecule has 1 heterocycles. The van der Waals surface area contributed by atoms with Crippen molar-refractivity contribution in [3.8, 4) is 5.75 Å². The Morgan fingerprint density at radius 3 is 2.66 bits per heavy atom. The molecule has 0 fully saturated rings. The molecule has 0 bridgehead atoms. The molecule has 0 saturated heterocycles. The number of halogens is 1. The number of nitrogens with two attached hydrogens (primary N) is 1. The summed E-state index contributed by atoms with van der Waals surface area (Å²) in [5, 5.41) is 3.61. The molecule has 2 aromatic carbocycles. The summed E-state index contributed by atoms with van der Waals surface area (Å²) >= 11 is 1.13. The summed E-state index contributed by atoms with van der Waals surface area (Å²) in [7, 11) is 4.02. The van der Waals surface area contributed by atoms with E-state index in [2.05, 4.69) is 22.1 Å². The Labute approximate surface area is 173 Å². The van der Waals surface area contributed by atoms with Crippen LogP contribution in [-0.2, 0) is 0 Å². The van der Waals surface area contributed by atoms with Crippen molar-refractivity contribution in [3.05, 3.63) is 64.8 Å². The third-order valence-electron chi connectivity index (χ3n) is 4.42. The Balaban J connectivity index is 1.67. The first kappa shape index (κ1) is 20.8. The number of nitrogens with one attached hydrogen (secondary N) is 1. The highest BCUT2D eigenvalue weighted by molar-refractivity contribution is 7.18. The Kier molecular flexibility index (Phi) is 6.46. The van der Waals surface area contributed by atoms with E-state index in [0.717, 1.165) is 22.8 Å². The zero-order valence-corrected chi connectivity index (χ0v) is 17.3. The first-order valence-electron chi connectivity index (χ1n) is 9.06. The van der Waals surface area contributed by atoms with Gasteiger partial charge in [0, 0.05) is 17.3 Å². The Hall–Kier alpha value is -2.97. The molecule has 0 radical (unpaired) electrons. The van der Waals surface area contributed by atoms with E-state index in [4.69, 9.17) is 10.5 Å². The van der Waals surface area contributed by atoms with Crippen LogP contribution in [0.25, 0.3) is 0 Å². The number of nitrogens with zero attached hydrogens (tertiary/aromatic N) is 2. The number of rotatable bonds is 8. The number of likely N-dealkylation sites (N-methyl/N-ethyl adjacent to an activating group) is 1. The van der Waals surface area contributed by atoms with Crippen molar-refractivity contribution in [2.24, 2.45) is 0 Å². The standard InChI is InChI=1S/C21H23FN4O2S/c1-13(26(2)3)12-28-17-9-7-16(8-10-17)24-21-25-20(23)19(29-21)18(27)14-5-4-6-15(22)11-14/h4-11,13H,12,23H2,1-3H3,(H,24,25)/t13-/m1/s1. The van der Waals surface area contributed by atoms with Crippen molar-refractivity contribution in [1.82, 2.24) is 9.88 Å². The van der Waals surface area contributed by atoms with Gasteiger partial charge >= 0.3 is 0 Å². The number of benzene rings is 2. The van der Waals surface area contributed by atoms with Gasteiger partial charge < -0.3 is 20.7 Å². The molecule has 0 aliphatic carbocycles. The quantitative estimate of drug-likeness (QED) is 0.539. The smallest absolute Gasteiger partial charge is 0.206 e. The largest absolute Gasteiger partial charge is 0.492 e. The number of carbonyl (C=O) groups excluding carboxylic acids is 1. The molecule has 1 aromatic heterocycles. The summed E-state index contributed by atoms with van der Waals surface area (Å²) in [6.07, 6.45) is 0. The van der Waals surface area contributed by atoms with Crippen LogP contribution in [0.1, 0.15) is 22.2 Å². The van der Waals surface area contributed by atoms with Crippen molar-refractivity contribution in [1.29, 1.82) is 0 Å². The van der Waals surface area contributed by atoms with Crippen molar-refractivity contribution < 1.29 is 13.9 Å². The maximum Gasteiger partial charge on any atom is 0.206 e. The van der Waals surface area contributed by atoms with Gasteiger partial charge in [0.25, 0.3) is 0 Å².